The highest BCUT2D eigenvalue weighted by molar-refractivity contribution is 14.0. The van der Waals surface area contributed by atoms with Gasteiger partial charge in [-0.3, -0.25) is 15.0 Å². The normalized spacial score (nSPS) is 15.6. The number of nitrogens with zero attached hydrogens (tertiary/aromatic N) is 3. The largest absolute Gasteiger partial charge is 0.468 e. The summed E-state index contributed by atoms with van der Waals surface area (Å²) in [7, 11) is 1.66. The van der Waals surface area contributed by atoms with Gasteiger partial charge in [0.2, 0.25) is 0 Å². The molecule has 2 N–H and O–H groups in total. The zero-order valence-corrected chi connectivity index (χ0v) is 20.7. The number of methoxy groups -OCH3 is 1. The van der Waals surface area contributed by atoms with Gasteiger partial charge in [0.05, 0.1) is 30.4 Å². The van der Waals surface area contributed by atoms with Crippen molar-refractivity contribution in [1.29, 1.82) is 0 Å². The minimum absolute atomic E-state index is 0. The van der Waals surface area contributed by atoms with E-state index in [4.69, 9.17) is 9.15 Å². The lowest BCUT2D eigenvalue weighted by Crippen LogP contribution is -2.45. The molecule has 2 aromatic rings. The summed E-state index contributed by atoms with van der Waals surface area (Å²) in [6, 6.07) is 10.5. The predicted octanol–water partition coefficient (Wildman–Crippen LogP) is 3.71. The van der Waals surface area contributed by atoms with Crippen molar-refractivity contribution in [3.8, 4) is 0 Å². The third-order valence-corrected chi connectivity index (χ3v) is 5.33. The molecule has 0 spiro atoms. The number of halogens is 1. The van der Waals surface area contributed by atoms with E-state index in [1.807, 2.05) is 12.1 Å². The third kappa shape index (κ3) is 8.06. The molecule has 0 saturated carbocycles. The Hall–Kier alpha value is -2.18. The lowest BCUT2D eigenvalue weighted by Gasteiger charge is -2.33. The lowest BCUT2D eigenvalue weighted by molar-refractivity contribution is -0.384. The van der Waals surface area contributed by atoms with E-state index in [-0.39, 0.29) is 35.7 Å². The van der Waals surface area contributed by atoms with Gasteiger partial charge in [-0.1, -0.05) is 18.6 Å². The Morgan fingerprint density at radius 1 is 1.22 bits per heavy atom. The molecule has 1 fully saturated rings. The quantitative estimate of drug-likeness (QED) is 0.115. The van der Waals surface area contributed by atoms with Crippen LogP contribution in [0.25, 0.3) is 0 Å². The molecule has 2 heterocycles. The van der Waals surface area contributed by atoms with Gasteiger partial charge in [0.15, 0.2) is 5.96 Å². The molecule has 32 heavy (non-hydrogen) atoms. The molecule has 1 atom stereocenters. The highest BCUT2D eigenvalue weighted by Crippen LogP contribution is 2.24. The van der Waals surface area contributed by atoms with Crippen LogP contribution in [0.2, 0.25) is 0 Å². The van der Waals surface area contributed by atoms with Gasteiger partial charge in [-0.25, -0.2) is 4.99 Å². The van der Waals surface area contributed by atoms with Crippen LogP contribution in [0.1, 0.15) is 36.6 Å². The van der Waals surface area contributed by atoms with E-state index in [0.717, 1.165) is 24.4 Å². The first kappa shape index (κ1) is 26.1. The van der Waals surface area contributed by atoms with Crippen molar-refractivity contribution in [2.45, 2.75) is 31.8 Å². The van der Waals surface area contributed by atoms with Crippen LogP contribution < -0.4 is 10.6 Å². The zero-order valence-electron chi connectivity index (χ0n) is 18.4. The Kier molecular flexibility index (Phi) is 11.5. The zero-order chi connectivity index (χ0) is 21.9. The van der Waals surface area contributed by atoms with Crippen molar-refractivity contribution in [2.75, 3.05) is 39.9 Å². The van der Waals surface area contributed by atoms with E-state index in [2.05, 4.69) is 20.5 Å². The average molecular weight is 557 g/mol. The Morgan fingerprint density at radius 3 is 2.59 bits per heavy atom. The van der Waals surface area contributed by atoms with Crippen LogP contribution >= 0.6 is 24.0 Å². The second-order valence-electron chi connectivity index (χ2n) is 7.52. The number of ether oxygens (including phenoxy) is 1. The second-order valence-corrected chi connectivity index (χ2v) is 7.52. The minimum atomic E-state index is -0.401. The van der Waals surface area contributed by atoms with Crippen molar-refractivity contribution in [3.63, 3.8) is 0 Å². The molecule has 176 valence electrons. The van der Waals surface area contributed by atoms with Crippen LogP contribution in [-0.4, -0.2) is 55.7 Å². The predicted molar refractivity (Wildman–Crippen MR) is 134 cm³/mol. The number of hydrogen-bond donors (Lipinski definition) is 2. The Morgan fingerprint density at radius 2 is 1.97 bits per heavy atom. The molecule has 0 aliphatic carbocycles. The fourth-order valence-electron chi connectivity index (χ4n) is 3.65. The Bertz CT molecular complexity index is 823. The number of likely N-dealkylation sites (tertiary alicyclic amines) is 1. The molecule has 1 saturated heterocycles. The van der Waals surface area contributed by atoms with Crippen molar-refractivity contribution < 1.29 is 14.1 Å². The molecule has 1 aliphatic rings. The van der Waals surface area contributed by atoms with Crippen LogP contribution in [-0.2, 0) is 11.3 Å². The van der Waals surface area contributed by atoms with Crippen molar-refractivity contribution in [3.05, 3.63) is 64.1 Å². The van der Waals surface area contributed by atoms with Crippen molar-refractivity contribution in [2.24, 2.45) is 4.99 Å². The summed E-state index contributed by atoms with van der Waals surface area (Å²) in [6.07, 6.45) is 5.39. The molecule has 0 amide bonds. The van der Waals surface area contributed by atoms with Gasteiger partial charge in [0.25, 0.3) is 5.69 Å². The Balaban J connectivity index is 0.00000363. The topological polar surface area (TPSA) is 105 Å². The monoisotopic (exact) mass is 557 g/mol. The highest BCUT2D eigenvalue weighted by atomic mass is 127. The van der Waals surface area contributed by atoms with Gasteiger partial charge in [-0.2, -0.15) is 0 Å². The maximum atomic E-state index is 10.8. The number of aliphatic imine (C=N–C) groups is 1. The first-order valence-corrected chi connectivity index (χ1v) is 10.7. The second kappa shape index (κ2) is 14.1. The van der Waals surface area contributed by atoms with E-state index in [1.165, 1.54) is 31.4 Å². The highest BCUT2D eigenvalue weighted by Gasteiger charge is 2.24. The number of hydrogen-bond acceptors (Lipinski definition) is 6. The molecular formula is C22H32IN5O4. The molecule has 0 radical (unpaired) electrons. The summed E-state index contributed by atoms with van der Waals surface area (Å²) < 4.78 is 10.9. The van der Waals surface area contributed by atoms with E-state index >= 15 is 0 Å². The van der Waals surface area contributed by atoms with Gasteiger partial charge < -0.3 is 19.8 Å². The average Bonchev–Trinajstić information content (AvgIpc) is 3.33. The van der Waals surface area contributed by atoms with E-state index in [1.54, 1.807) is 25.5 Å². The number of nitrogens with one attached hydrogen (secondary N) is 2. The van der Waals surface area contributed by atoms with Crippen LogP contribution in [0.5, 0.6) is 0 Å². The van der Waals surface area contributed by atoms with Crippen molar-refractivity contribution in [1.82, 2.24) is 15.5 Å². The molecule has 0 bridgehead atoms. The van der Waals surface area contributed by atoms with E-state index < -0.39 is 4.92 Å². The molecule has 9 nitrogen and oxygen atoms in total. The van der Waals surface area contributed by atoms with Crippen LogP contribution in [0.4, 0.5) is 5.69 Å². The number of nitro groups is 1. The maximum absolute atomic E-state index is 10.8. The van der Waals surface area contributed by atoms with Gasteiger partial charge in [0.1, 0.15) is 5.76 Å². The summed E-state index contributed by atoms with van der Waals surface area (Å²) in [5.41, 5.74) is 0.976. The lowest BCUT2D eigenvalue weighted by atomic mass is 10.1. The number of benzene rings is 1. The fraction of sp³-hybridized carbons (Fsp3) is 0.500. The van der Waals surface area contributed by atoms with Gasteiger partial charge in [-0.15, -0.1) is 24.0 Å². The molecule has 1 aromatic carbocycles. The number of guanidine groups is 1. The molecule has 1 aromatic heterocycles. The van der Waals surface area contributed by atoms with E-state index in [9.17, 15) is 10.1 Å². The molecule has 10 heteroatoms. The SMILES string of the molecule is COCCNC(=NCc1ccc([N+](=O)[O-])cc1)NCC(c1ccco1)N1CCCCC1.I. The summed E-state index contributed by atoms with van der Waals surface area (Å²) >= 11 is 0. The molecule has 3 rings (SSSR count). The van der Waals surface area contributed by atoms with Gasteiger partial charge in [0, 0.05) is 32.3 Å². The number of nitro benzene ring substituents is 1. The summed E-state index contributed by atoms with van der Waals surface area (Å²) in [4.78, 5) is 17.6. The number of furan rings is 1. The fourth-order valence-corrected chi connectivity index (χ4v) is 3.65. The van der Waals surface area contributed by atoms with Crippen LogP contribution in [0, 0.1) is 10.1 Å². The van der Waals surface area contributed by atoms with Crippen molar-refractivity contribution >= 4 is 35.6 Å². The first-order valence-electron chi connectivity index (χ1n) is 10.7. The maximum Gasteiger partial charge on any atom is 0.269 e. The first-order chi connectivity index (χ1) is 15.2. The van der Waals surface area contributed by atoms with Gasteiger partial charge in [-0.05, 0) is 43.6 Å². The molecular weight excluding hydrogens is 525 g/mol. The smallest absolute Gasteiger partial charge is 0.269 e. The standard InChI is InChI=1S/C22H31N5O4.HI/c1-30-15-11-23-22(24-16-18-7-9-19(10-8-18)27(28)29)25-17-20(21-6-5-14-31-21)26-12-3-2-4-13-26;/h5-10,14,20H,2-4,11-13,15-17H2,1H3,(H2,23,24,25);1H. The summed E-state index contributed by atoms with van der Waals surface area (Å²) in [5.74, 6) is 1.62. The number of piperidine rings is 1. The number of non-ortho nitro benzene ring substituents is 1. The third-order valence-electron chi connectivity index (χ3n) is 5.33. The van der Waals surface area contributed by atoms with Crippen LogP contribution in [0.3, 0.4) is 0 Å². The van der Waals surface area contributed by atoms with E-state index in [0.29, 0.717) is 32.2 Å². The molecule has 1 unspecified atom stereocenters. The molecule has 1 aliphatic heterocycles. The van der Waals surface area contributed by atoms with Crippen LogP contribution in [0.15, 0.2) is 52.1 Å². The Labute approximate surface area is 205 Å². The number of rotatable bonds is 10. The van der Waals surface area contributed by atoms with Gasteiger partial charge >= 0.3 is 0 Å². The summed E-state index contributed by atoms with van der Waals surface area (Å²) in [5, 5.41) is 17.6. The minimum Gasteiger partial charge on any atom is -0.468 e. The summed E-state index contributed by atoms with van der Waals surface area (Å²) in [6.45, 7) is 4.37.